The van der Waals surface area contributed by atoms with Crippen molar-refractivity contribution in [1.29, 1.82) is 0 Å². The summed E-state index contributed by atoms with van der Waals surface area (Å²) >= 11 is 32.1. The molecule has 0 amide bonds. The molecule has 2 atom stereocenters. The summed E-state index contributed by atoms with van der Waals surface area (Å²) in [4.78, 5) is 11.3. The second kappa shape index (κ2) is 6.48. The summed E-state index contributed by atoms with van der Waals surface area (Å²) < 4.78 is -3.94. The van der Waals surface area contributed by atoms with E-state index in [0.29, 0.717) is 0 Å². The van der Waals surface area contributed by atoms with Crippen LogP contribution in [0.15, 0.2) is 0 Å². The van der Waals surface area contributed by atoms with Gasteiger partial charge in [-0.1, -0.05) is 69.6 Å². The molecular weight excluding hydrogens is 345 g/mol. The molecular formula is C7H8Cl6O3. The van der Waals surface area contributed by atoms with Crippen molar-refractivity contribution < 1.29 is 15.0 Å². The molecule has 0 heterocycles. The van der Waals surface area contributed by atoms with Crippen LogP contribution in [0.4, 0.5) is 0 Å². The van der Waals surface area contributed by atoms with E-state index in [1.807, 2.05) is 0 Å². The Morgan fingerprint density at radius 3 is 1.31 bits per heavy atom. The maximum absolute atomic E-state index is 11.3. The average Bonchev–Trinajstić information content (AvgIpc) is 1.99. The first-order valence-electron chi connectivity index (χ1n) is 3.96. The number of carbonyl (C=O) groups is 1. The van der Waals surface area contributed by atoms with Gasteiger partial charge in [0.1, 0.15) is 18.0 Å². The van der Waals surface area contributed by atoms with Crippen molar-refractivity contribution >= 4 is 75.4 Å². The maximum atomic E-state index is 11.3. The van der Waals surface area contributed by atoms with E-state index in [9.17, 15) is 15.0 Å². The minimum absolute atomic E-state index is 0.450. The highest BCUT2D eigenvalue weighted by molar-refractivity contribution is 6.68. The smallest absolute Gasteiger partial charge is 0.216 e. The molecule has 0 fully saturated rings. The predicted octanol–water partition coefficient (Wildman–Crippen LogP) is 2.80. The molecule has 0 aliphatic heterocycles. The van der Waals surface area contributed by atoms with Crippen LogP contribution in [-0.4, -0.2) is 35.8 Å². The van der Waals surface area contributed by atoms with Gasteiger partial charge in [0.25, 0.3) is 0 Å². The lowest BCUT2D eigenvalue weighted by Gasteiger charge is -2.21. The second-order valence-electron chi connectivity index (χ2n) is 3.06. The van der Waals surface area contributed by atoms with Crippen LogP contribution in [0.1, 0.15) is 12.8 Å². The van der Waals surface area contributed by atoms with Crippen LogP contribution in [-0.2, 0) is 4.79 Å². The minimum atomic E-state index is -1.97. The van der Waals surface area contributed by atoms with Crippen LogP contribution in [0, 0.1) is 0 Å². The quantitative estimate of drug-likeness (QED) is 0.765. The Morgan fingerprint density at radius 2 is 1.12 bits per heavy atom. The summed E-state index contributed by atoms with van der Waals surface area (Å²) in [6, 6.07) is 0. The summed E-state index contributed by atoms with van der Waals surface area (Å²) in [5.74, 6) is -0.586. The zero-order chi connectivity index (χ0) is 13.1. The monoisotopic (exact) mass is 350 g/mol. The zero-order valence-electron chi connectivity index (χ0n) is 7.64. The highest BCUT2D eigenvalue weighted by Gasteiger charge is 2.36. The molecule has 3 nitrogen and oxygen atoms in total. The number of ketones is 1. The molecule has 96 valence electrons. The van der Waals surface area contributed by atoms with Crippen molar-refractivity contribution in [3.8, 4) is 0 Å². The fourth-order valence-electron chi connectivity index (χ4n) is 0.746. The van der Waals surface area contributed by atoms with Crippen molar-refractivity contribution in [2.24, 2.45) is 0 Å². The number of aliphatic hydroxyl groups excluding tert-OH is 2. The number of rotatable bonds is 4. The van der Waals surface area contributed by atoms with E-state index in [0.717, 1.165) is 0 Å². The number of aliphatic hydroxyl groups is 2. The van der Waals surface area contributed by atoms with Crippen LogP contribution in [0.5, 0.6) is 0 Å². The number of hydrogen-bond acceptors (Lipinski definition) is 3. The van der Waals surface area contributed by atoms with Crippen LogP contribution in [0.3, 0.4) is 0 Å². The topological polar surface area (TPSA) is 57.5 Å². The Hall–Kier alpha value is 1.33. The third-order valence-electron chi connectivity index (χ3n) is 1.60. The third-order valence-corrected chi connectivity index (χ3v) is 3.11. The normalized spacial score (nSPS) is 17.0. The Bertz CT molecular complexity index is 221. The van der Waals surface area contributed by atoms with Crippen LogP contribution in [0.2, 0.25) is 0 Å². The van der Waals surface area contributed by atoms with Crippen molar-refractivity contribution in [1.82, 2.24) is 0 Å². The molecule has 0 rings (SSSR count). The predicted molar refractivity (Wildman–Crippen MR) is 66.8 cm³/mol. The first-order valence-corrected chi connectivity index (χ1v) is 6.22. The molecule has 0 aromatic heterocycles. The van der Waals surface area contributed by atoms with E-state index in [1.54, 1.807) is 0 Å². The molecule has 9 heteroatoms. The van der Waals surface area contributed by atoms with Gasteiger partial charge in [0, 0.05) is 12.8 Å². The number of hydrogen-bond donors (Lipinski definition) is 2. The largest absolute Gasteiger partial charge is 0.388 e. The molecule has 0 aromatic carbocycles. The molecule has 0 aliphatic rings. The molecule has 2 N–H and O–H groups in total. The summed E-state index contributed by atoms with van der Waals surface area (Å²) in [5, 5.41) is 18.5. The summed E-state index contributed by atoms with van der Waals surface area (Å²) in [7, 11) is 0. The van der Waals surface area contributed by atoms with E-state index in [4.69, 9.17) is 69.6 Å². The first kappa shape index (κ1) is 17.3. The minimum Gasteiger partial charge on any atom is -0.388 e. The third kappa shape index (κ3) is 6.92. The Balaban J connectivity index is 4.21. The van der Waals surface area contributed by atoms with Gasteiger partial charge in [-0.05, 0) is 0 Å². The Labute approximate surface area is 122 Å². The van der Waals surface area contributed by atoms with Crippen molar-refractivity contribution in [3.05, 3.63) is 0 Å². The fourth-order valence-corrected chi connectivity index (χ4v) is 1.21. The van der Waals surface area contributed by atoms with Gasteiger partial charge in [0.15, 0.2) is 0 Å². The number of Topliss-reactive ketones (excluding diaryl/α,β-unsaturated/α-hetero) is 1. The Kier molecular flexibility index (Phi) is 7.02. The molecule has 0 radical (unpaired) electrons. The molecule has 0 spiro atoms. The van der Waals surface area contributed by atoms with Gasteiger partial charge in [0.05, 0.1) is 0 Å². The van der Waals surface area contributed by atoms with E-state index in [1.165, 1.54) is 0 Å². The lowest BCUT2D eigenvalue weighted by Crippen LogP contribution is -2.32. The molecule has 0 saturated heterocycles. The first-order chi connectivity index (χ1) is 6.94. The molecule has 16 heavy (non-hydrogen) atoms. The highest BCUT2D eigenvalue weighted by Crippen LogP contribution is 2.34. The summed E-state index contributed by atoms with van der Waals surface area (Å²) in [6.07, 6.45) is -3.86. The lowest BCUT2D eigenvalue weighted by atomic mass is 10.1. The van der Waals surface area contributed by atoms with E-state index in [2.05, 4.69) is 0 Å². The molecule has 0 aliphatic carbocycles. The molecule has 0 aromatic rings. The lowest BCUT2D eigenvalue weighted by molar-refractivity contribution is -0.122. The van der Waals surface area contributed by atoms with Crippen molar-refractivity contribution in [2.45, 2.75) is 32.6 Å². The van der Waals surface area contributed by atoms with Crippen LogP contribution >= 0.6 is 69.6 Å². The van der Waals surface area contributed by atoms with Crippen LogP contribution < -0.4 is 0 Å². The van der Waals surface area contributed by atoms with Gasteiger partial charge in [-0.2, -0.15) is 0 Å². The SMILES string of the molecule is O=C(C[C@H](O)C(Cl)(Cl)Cl)C[C@H](O)C(Cl)(Cl)Cl. The number of carbonyl (C=O) groups excluding carboxylic acids is 1. The average molecular weight is 353 g/mol. The van der Waals surface area contributed by atoms with Gasteiger partial charge in [-0.3, -0.25) is 4.79 Å². The van der Waals surface area contributed by atoms with Crippen molar-refractivity contribution in [2.75, 3.05) is 0 Å². The van der Waals surface area contributed by atoms with Gasteiger partial charge in [-0.25, -0.2) is 0 Å². The van der Waals surface area contributed by atoms with Gasteiger partial charge < -0.3 is 10.2 Å². The highest BCUT2D eigenvalue weighted by atomic mass is 35.6. The second-order valence-corrected chi connectivity index (χ2v) is 7.80. The number of halogens is 6. The van der Waals surface area contributed by atoms with Gasteiger partial charge in [-0.15, -0.1) is 0 Å². The molecule has 0 saturated carbocycles. The van der Waals surface area contributed by atoms with E-state index in [-0.39, 0.29) is 0 Å². The Morgan fingerprint density at radius 1 is 0.875 bits per heavy atom. The van der Waals surface area contributed by atoms with Crippen molar-refractivity contribution in [3.63, 3.8) is 0 Å². The standard InChI is InChI=1S/C7H8Cl6O3/c8-6(9,10)4(15)1-3(14)2-5(16)7(11,12)13/h4-5,15-16H,1-2H2/t4-,5-/m0/s1. The zero-order valence-corrected chi connectivity index (χ0v) is 12.2. The van der Waals surface area contributed by atoms with E-state index < -0.39 is 38.4 Å². The fraction of sp³-hybridized carbons (Fsp3) is 0.857. The van der Waals surface area contributed by atoms with Crippen LogP contribution in [0.25, 0.3) is 0 Å². The summed E-state index contributed by atoms with van der Waals surface area (Å²) in [5.41, 5.74) is 0. The van der Waals surface area contributed by atoms with Gasteiger partial charge >= 0.3 is 0 Å². The number of alkyl halides is 6. The maximum Gasteiger partial charge on any atom is 0.216 e. The summed E-state index contributed by atoms with van der Waals surface area (Å²) in [6.45, 7) is 0. The molecule has 0 bridgehead atoms. The van der Waals surface area contributed by atoms with E-state index >= 15 is 0 Å². The van der Waals surface area contributed by atoms with Gasteiger partial charge in [0.2, 0.25) is 7.59 Å². The molecule has 0 unspecified atom stereocenters.